The van der Waals surface area contributed by atoms with Crippen LogP contribution in [0.15, 0.2) is 41.4 Å². The van der Waals surface area contributed by atoms with Crippen LogP contribution in [0.5, 0.6) is 11.5 Å². The molecule has 0 bridgehead atoms. The van der Waals surface area contributed by atoms with Crippen molar-refractivity contribution in [2.45, 2.75) is 27.0 Å². The minimum Gasteiger partial charge on any atom is -0.490 e. The van der Waals surface area contributed by atoms with Crippen LogP contribution in [-0.4, -0.2) is 56.0 Å². The first kappa shape index (κ1) is 22.1. The van der Waals surface area contributed by atoms with Gasteiger partial charge in [-0.1, -0.05) is 12.1 Å². The lowest BCUT2D eigenvalue weighted by molar-refractivity contribution is 0.0375. The zero-order chi connectivity index (χ0) is 22.5. The maximum atomic E-state index is 12.8. The van der Waals surface area contributed by atoms with Crippen molar-refractivity contribution in [2.24, 2.45) is 4.99 Å². The molecule has 1 atom stereocenters. The van der Waals surface area contributed by atoms with Crippen LogP contribution in [0.3, 0.4) is 0 Å². The smallest absolute Gasteiger partial charge is 0.253 e. The van der Waals surface area contributed by atoms with Gasteiger partial charge in [0.15, 0.2) is 17.3 Å². The molecular weight excluding hydrogens is 408 g/mol. The molecule has 0 saturated carbocycles. The average Bonchev–Trinajstić information content (AvgIpc) is 3.30. The van der Waals surface area contributed by atoms with E-state index < -0.39 is 6.23 Å². The molecule has 1 fully saturated rings. The van der Waals surface area contributed by atoms with E-state index in [1.807, 2.05) is 62.1 Å². The fourth-order valence-electron chi connectivity index (χ4n) is 3.88. The van der Waals surface area contributed by atoms with E-state index >= 15 is 0 Å². The molecule has 1 amide bonds. The first-order valence-corrected chi connectivity index (χ1v) is 11.1. The molecule has 8 heteroatoms. The second-order valence-electron chi connectivity index (χ2n) is 7.69. The van der Waals surface area contributed by atoms with Gasteiger partial charge in [0.2, 0.25) is 6.23 Å². The lowest BCUT2D eigenvalue weighted by Crippen LogP contribution is -2.46. The number of piperazine rings is 1. The number of aliphatic imine (C=N–C) groups is 1. The Kier molecular flexibility index (Phi) is 6.92. The van der Waals surface area contributed by atoms with Crippen LogP contribution >= 0.6 is 0 Å². The monoisotopic (exact) mass is 438 g/mol. The average molecular weight is 439 g/mol. The summed E-state index contributed by atoms with van der Waals surface area (Å²) in [6, 6.07) is 11.4. The minimum atomic E-state index is -0.499. The predicted octanol–water partition coefficient (Wildman–Crippen LogP) is 2.82. The van der Waals surface area contributed by atoms with Gasteiger partial charge in [-0.05, 0) is 50.6 Å². The van der Waals surface area contributed by atoms with Crippen LogP contribution in [0.25, 0.3) is 0 Å². The highest BCUT2D eigenvalue weighted by Crippen LogP contribution is 2.33. The molecule has 0 aliphatic carbocycles. The van der Waals surface area contributed by atoms with Crippen molar-refractivity contribution in [1.82, 2.24) is 15.7 Å². The molecule has 2 aromatic rings. The number of hydroxylamine groups is 1. The lowest BCUT2D eigenvalue weighted by atomic mass is 10.0. The maximum Gasteiger partial charge on any atom is 0.253 e. The summed E-state index contributed by atoms with van der Waals surface area (Å²) in [5.74, 6) is 2.08. The number of carbonyl (C=O) groups excluding carboxylic acids is 1. The van der Waals surface area contributed by atoms with Crippen LogP contribution in [-0.2, 0) is 4.84 Å². The van der Waals surface area contributed by atoms with E-state index in [1.165, 1.54) is 0 Å². The highest BCUT2D eigenvalue weighted by atomic mass is 16.7. The van der Waals surface area contributed by atoms with Crippen LogP contribution < -0.4 is 20.3 Å². The first-order valence-electron chi connectivity index (χ1n) is 11.1. The molecule has 0 spiro atoms. The number of hydrogen-bond donors (Lipinski definition) is 2. The molecule has 2 aliphatic heterocycles. The number of benzene rings is 2. The van der Waals surface area contributed by atoms with Crippen molar-refractivity contribution < 1.29 is 19.1 Å². The van der Waals surface area contributed by atoms with Crippen molar-refractivity contribution in [3.8, 4) is 11.5 Å². The Morgan fingerprint density at radius 2 is 1.84 bits per heavy atom. The first-order chi connectivity index (χ1) is 15.6. The quantitative estimate of drug-likeness (QED) is 0.692. The molecule has 2 aliphatic rings. The van der Waals surface area contributed by atoms with Crippen LogP contribution in [0.2, 0.25) is 0 Å². The fraction of sp³-hybridized carbons (Fsp3) is 0.417. The third-order valence-corrected chi connectivity index (χ3v) is 5.50. The summed E-state index contributed by atoms with van der Waals surface area (Å²) < 4.78 is 11.4. The molecule has 2 heterocycles. The van der Waals surface area contributed by atoms with Crippen molar-refractivity contribution in [2.75, 3.05) is 39.4 Å². The van der Waals surface area contributed by atoms with Gasteiger partial charge in [0.05, 0.1) is 13.2 Å². The van der Waals surface area contributed by atoms with Crippen LogP contribution in [0, 0.1) is 6.92 Å². The second-order valence-corrected chi connectivity index (χ2v) is 7.69. The number of hydrogen-bond acceptors (Lipinski definition) is 7. The summed E-state index contributed by atoms with van der Waals surface area (Å²) in [7, 11) is 0. The molecular formula is C24H30N4O4. The Morgan fingerprint density at radius 1 is 1.09 bits per heavy atom. The van der Waals surface area contributed by atoms with Crippen molar-refractivity contribution in [3.63, 3.8) is 0 Å². The van der Waals surface area contributed by atoms with Gasteiger partial charge in [0, 0.05) is 42.9 Å². The molecule has 0 aromatic heterocycles. The fourth-order valence-corrected chi connectivity index (χ4v) is 3.88. The van der Waals surface area contributed by atoms with Crippen LogP contribution in [0.4, 0.5) is 0 Å². The summed E-state index contributed by atoms with van der Waals surface area (Å²) in [4.78, 5) is 25.1. The van der Waals surface area contributed by atoms with E-state index in [-0.39, 0.29) is 5.91 Å². The van der Waals surface area contributed by atoms with E-state index in [1.54, 1.807) is 0 Å². The van der Waals surface area contributed by atoms with E-state index in [9.17, 15) is 4.79 Å². The minimum absolute atomic E-state index is 0.0643. The largest absolute Gasteiger partial charge is 0.490 e. The Bertz CT molecular complexity index is 1000. The normalized spacial score (nSPS) is 18.2. The van der Waals surface area contributed by atoms with Gasteiger partial charge >= 0.3 is 0 Å². The predicted molar refractivity (Wildman–Crippen MR) is 122 cm³/mol. The summed E-state index contributed by atoms with van der Waals surface area (Å²) in [6.45, 7) is 10.1. The van der Waals surface area contributed by atoms with Gasteiger partial charge in [-0.2, -0.15) is 0 Å². The summed E-state index contributed by atoms with van der Waals surface area (Å²) >= 11 is 0. The molecule has 170 valence electrons. The SMILES string of the molecule is CCOc1ccc(C2N=C(c3ccc(C(=O)N4CCNCC4)cc3C)NO2)cc1OCC. The highest BCUT2D eigenvalue weighted by Gasteiger charge is 2.24. The third kappa shape index (κ3) is 4.71. The van der Waals surface area contributed by atoms with Crippen molar-refractivity contribution >= 4 is 11.7 Å². The van der Waals surface area contributed by atoms with Gasteiger partial charge in [0.25, 0.3) is 5.91 Å². The standard InChI is InChI=1S/C24H30N4O4/c1-4-30-20-9-7-17(15-21(20)31-5-2)23-26-22(27-32-23)19-8-6-18(14-16(19)3)24(29)28-12-10-25-11-13-28/h6-9,14-15,23,25H,4-5,10-13H2,1-3H3,(H,26,27). The molecule has 2 aromatic carbocycles. The highest BCUT2D eigenvalue weighted by molar-refractivity contribution is 6.02. The molecule has 4 rings (SSSR count). The molecule has 0 radical (unpaired) electrons. The Labute approximate surface area is 188 Å². The Balaban J connectivity index is 1.53. The lowest BCUT2D eigenvalue weighted by Gasteiger charge is -2.27. The zero-order valence-electron chi connectivity index (χ0n) is 18.8. The summed E-state index contributed by atoms with van der Waals surface area (Å²) in [5, 5.41) is 3.27. The number of nitrogens with one attached hydrogen (secondary N) is 2. The van der Waals surface area contributed by atoms with E-state index in [0.29, 0.717) is 36.1 Å². The molecule has 2 N–H and O–H groups in total. The number of amides is 1. The number of nitrogens with zero attached hydrogens (tertiary/aromatic N) is 2. The molecule has 32 heavy (non-hydrogen) atoms. The van der Waals surface area contributed by atoms with Gasteiger partial charge < -0.3 is 19.7 Å². The van der Waals surface area contributed by atoms with Gasteiger partial charge in [0.1, 0.15) is 0 Å². The third-order valence-electron chi connectivity index (χ3n) is 5.50. The number of ether oxygens (including phenoxy) is 2. The van der Waals surface area contributed by atoms with E-state index in [2.05, 4.69) is 10.8 Å². The zero-order valence-corrected chi connectivity index (χ0v) is 18.8. The number of amidine groups is 1. The number of carbonyl (C=O) groups is 1. The van der Waals surface area contributed by atoms with E-state index in [4.69, 9.17) is 19.3 Å². The molecule has 1 saturated heterocycles. The summed E-state index contributed by atoms with van der Waals surface area (Å²) in [5.41, 5.74) is 6.36. The van der Waals surface area contributed by atoms with Crippen molar-refractivity contribution in [3.05, 3.63) is 58.7 Å². The Morgan fingerprint density at radius 3 is 2.56 bits per heavy atom. The Hall–Kier alpha value is -3.10. The summed E-state index contributed by atoms with van der Waals surface area (Å²) in [6.07, 6.45) is -0.499. The topological polar surface area (TPSA) is 84.4 Å². The van der Waals surface area contributed by atoms with Gasteiger partial charge in [-0.25, -0.2) is 15.3 Å². The van der Waals surface area contributed by atoms with E-state index in [0.717, 1.165) is 42.9 Å². The van der Waals surface area contributed by atoms with Crippen molar-refractivity contribution in [1.29, 1.82) is 0 Å². The molecule has 1 unspecified atom stereocenters. The number of aryl methyl sites for hydroxylation is 1. The maximum absolute atomic E-state index is 12.8. The van der Waals surface area contributed by atoms with Gasteiger partial charge in [-0.15, -0.1) is 0 Å². The van der Waals surface area contributed by atoms with Gasteiger partial charge in [-0.3, -0.25) is 4.79 Å². The van der Waals surface area contributed by atoms with Crippen LogP contribution in [0.1, 0.15) is 47.1 Å². The molecule has 8 nitrogen and oxygen atoms in total. The number of rotatable bonds is 7. The second kappa shape index (κ2) is 10.0.